The SMILES string of the molecule is COc1cc(C(F)(F)F)cc(C)c1C(=O)N[C@H]1COCC[C@H]1N1CCCC1. The molecule has 1 aromatic carbocycles. The Balaban J connectivity index is 1.82. The predicted octanol–water partition coefficient (Wildman–Crippen LogP) is 3.01. The monoisotopic (exact) mass is 386 g/mol. The summed E-state index contributed by atoms with van der Waals surface area (Å²) >= 11 is 0. The molecule has 1 aromatic rings. The number of amides is 1. The zero-order chi connectivity index (χ0) is 19.6. The average molecular weight is 386 g/mol. The van der Waals surface area contributed by atoms with Gasteiger partial charge in [0, 0.05) is 12.6 Å². The molecule has 0 bridgehead atoms. The van der Waals surface area contributed by atoms with E-state index in [1.165, 1.54) is 14.0 Å². The van der Waals surface area contributed by atoms with Gasteiger partial charge in [0.2, 0.25) is 0 Å². The first-order chi connectivity index (χ1) is 12.8. The molecule has 5 nitrogen and oxygen atoms in total. The topological polar surface area (TPSA) is 50.8 Å². The molecule has 2 aliphatic rings. The van der Waals surface area contributed by atoms with Gasteiger partial charge in [-0.25, -0.2) is 0 Å². The summed E-state index contributed by atoms with van der Waals surface area (Å²) in [6.07, 6.45) is -1.38. The Hall–Kier alpha value is -1.80. The van der Waals surface area contributed by atoms with E-state index in [2.05, 4.69) is 10.2 Å². The molecule has 3 rings (SSSR count). The van der Waals surface area contributed by atoms with E-state index in [1.807, 2.05) is 0 Å². The number of halogens is 3. The molecular weight excluding hydrogens is 361 g/mol. The van der Waals surface area contributed by atoms with Gasteiger partial charge in [-0.2, -0.15) is 13.2 Å². The van der Waals surface area contributed by atoms with Gasteiger partial charge in [0.1, 0.15) is 5.75 Å². The van der Waals surface area contributed by atoms with Crippen molar-refractivity contribution in [3.8, 4) is 5.75 Å². The molecule has 0 aromatic heterocycles. The van der Waals surface area contributed by atoms with Crippen LogP contribution in [0.4, 0.5) is 13.2 Å². The lowest BCUT2D eigenvalue weighted by Crippen LogP contribution is -2.56. The highest BCUT2D eigenvalue weighted by molar-refractivity contribution is 5.98. The zero-order valence-electron chi connectivity index (χ0n) is 15.6. The van der Waals surface area contributed by atoms with Crippen molar-refractivity contribution >= 4 is 5.91 Å². The first-order valence-corrected chi connectivity index (χ1v) is 9.19. The van der Waals surface area contributed by atoms with Crippen LogP contribution in [0.25, 0.3) is 0 Å². The molecule has 0 radical (unpaired) electrons. The lowest BCUT2D eigenvalue weighted by Gasteiger charge is -2.38. The minimum absolute atomic E-state index is 0.0747. The van der Waals surface area contributed by atoms with Crippen molar-refractivity contribution in [1.29, 1.82) is 0 Å². The maximum Gasteiger partial charge on any atom is 0.416 e. The summed E-state index contributed by atoms with van der Waals surface area (Å²) in [5.41, 5.74) is -0.464. The molecule has 1 amide bonds. The van der Waals surface area contributed by atoms with Crippen LogP contribution in [0.15, 0.2) is 12.1 Å². The normalized spacial score (nSPS) is 24.0. The Kier molecular flexibility index (Phi) is 5.95. The number of nitrogens with zero attached hydrogens (tertiary/aromatic N) is 1. The fourth-order valence-corrected chi connectivity index (χ4v) is 3.99. The number of likely N-dealkylation sites (tertiary alicyclic amines) is 1. The number of methoxy groups -OCH3 is 1. The van der Waals surface area contributed by atoms with E-state index in [-0.39, 0.29) is 29.0 Å². The molecule has 2 atom stereocenters. The molecule has 0 spiro atoms. The largest absolute Gasteiger partial charge is 0.496 e. The lowest BCUT2D eigenvalue weighted by atomic mass is 9.99. The van der Waals surface area contributed by atoms with Crippen LogP contribution in [0.1, 0.15) is 40.7 Å². The second-order valence-corrected chi connectivity index (χ2v) is 7.12. The molecule has 0 unspecified atom stereocenters. The van der Waals surface area contributed by atoms with Gasteiger partial charge in [-0.3, -0.25) is 9.69 Å². The van der Waals surface area contributed by atoms with Crippen LogP contribution >= 0.6 is 0 Å². The van der Waals surface area contributed by atoms with Gasteiger partial charge in [0.05, 0.1) is 30.9 Å². The molecule has 2 heterocycles. The number of carbonyl (C=O) groups is 1. The lowest BCUT2D eigenvalue weighted by molar-refractivity contribution is -0.137. The zero-order valence-corrected chi connectivity index (χ0v) is 15.6. The Morgan fingerprint density at radius 1 is 1.30 bits per heavy atom. The van der Waals surface area contributed by atoms with Gasteiger partial charge in [-0.15, -0.1) is 0 Å². The van der Waals surface area contributed by atoms with Crippen molar-refractivity contribution in [2.24, 2.45) is 0 Å². The van der Waals surface area contributed by atoms with Crippen LogP contribution in [0.2, 0.25) is 0 Å². The molecular formula is C19H25F3N2O3. The number of nitrogens with one attached hydrogen (secondary N) is 1. The van der Waals surface area contributed by atoms with Gasteiger partial charge < -0.3 is 14.8 Å². The summed E-state index contributed by atoms with van der Waals surface area (Å²) in [5.74, 6) is -0.507. The fourth-order valence-electron chi connectivity index (χ4n) is 3.99. The van der Waals surface area contributed by atoms with E-state index in [0.29, 0.717) is 13.2 Å². The van der Waals surface area contributed by atoms with Crippen molar-refractivity contribution in [3.05, 3.63) is 28.8 Å². The molecule has 0 aliphatic carbocycles. The molecule has 2 aliphatic heterocycles. The van der Waals surface area contributed by atoms with E-state index in [9.17, 15) is 18.0 Å². The first-order valence-electron chi connectivity index (χ1n) is 9.19. The first kappa shape index (κ1) is 19.9. The minimum Gasteiger partial charge on any atom is -0.496 e. The molecule has 150 valence electrons. The van der Waals surface area contributed by atoms with Gasteiger partial charge >= 0.3 is 6.18 Å². The van der Waals surface area contributed by atoms with Gasteiger partial charge in [0.25, 0.3) is 5.91 Å². The Bertz CT molecular complexity index is 688. The maximum absolute atomic E-state index is 13.0. The van der Waals surface area contributed by atoms with Gasteiger partial charge in [-0.05, 0) is 57.0 Å². The van der Waals surface area contributed by atoms with Crippen molar-refractivity contribution < 1.29 is 27.4 Å². The Morgan fingerprint density at radius 2 is 2.00 bits per heavy atom. The van der Waals surface area contributed by atoms with Crippen LogP contribution in [-0.4, -0.2) is 56.3 Å². The standard InChI is InChI=1S/C19H25F3N2O3/c1-12-9-13(19(20,21)22)10-16(26-2)17(12)18(25)23-14-11-27-8-5-15(14)24-6-3-4-7-24/h9-10,14-15H,3-8,11H2,1-2H3,(H,23,25)/t14-,15+/m0/s1. The fraction of sp³-hybridized carbons (Fsp3) is 0.632. The predicted molar refractivity (Wildman–Crippen MR) is 94.0 cm³/mol. The Morgan fingerprint density at radius 3 is 2.63 bits per heavy atom. The second-order valence-electron chi connectivity index (χ2n) is 7.12. The number of hydrogen-bond acceptors (Lipinski definition) is 4. The summed E-state index contributed by atoms with van der Waals surface area (Å²) in [4.78, 5) is 15.3. The van der Waals surface area contributed by atoms with Crippen molar-refractivity contribution in [3.63, 3.8) is 0 Å². The van der Waals surface area contributed by atoms with Crippen molar-refractivity contribution in [2.45, 2.75) is 44.4 Å². The van der Waals surface area contributed by atoms with Gasteiger partial charge in [0.15, 0.2) is 0 Å². The number of hydrogen-bond donors (Lipinski definition) is 1. The quantitative estimate of drug-likeness (QED) is 0.864. The molecule has 2 saturated heterocycles. The number of benzene rings is 1. The second kappa shape index (κ2) is 8.06. The highest BCUT2D eigenvalue weighted by Gasteiger charge is 2.35. The number of aryl methyl sites for hydroxylation is 1. The molecule has 27 heavy (non-hydrogen) atoms. The van der Waals surface area contributed by atoms with Crippen LogP contribution in [0.5, 0.6) is 5.75 Å². The van der Waals surface area contributed by atoms with Crippen molar-refractivity contribution in [2.75, 3.05) is 33.4 Å². The molecule has 0 saturated carbocycles. The van der Waals surface area contributed by atoms with E-state index in [4.69, 9.17) is 9.47 Å². The Labute approximate surface area is 156 Å². The van der Waals surface area contributed by atoms with E-state index in [1.54, 1.807) is 0 Å². The summed E-state index contributed by atoms with van der Waals surface area (Å²) in [7, 11) is 1.27. The summed E-state index contributed by atoms with van der Waals surface area (Å²) in [5, 5.41) is 2.97. The third-order valence-electron chi connectivity index (χ3n) is 5.32. The van der Waals surface area contributed by atoms with Gasteiger partial charge in [-0.1, -0.05) is 0 Å². The van der Waals surface area contributed by atoms with Crippen LogP contribution < -0.4 is 10.1 Å². The number of rotatable bonds is 4. The number of alkyl halides is 3. The summed E-state index contributed by atoms with van der Waals surface area (Å²) in [6.45, 7) is 4.53. The molecule has 2 fully saturated rings. The summed E-state index contributed by atoms with van der Waals surface area (Å²) in [6, 6.07) is 1.84. The highest BCUT2D eigenvalue weighted by Crippen LogP contribution is 2.35. The van der Waals surface area contributed by atoms with E-state index in [0.717, 1.165) is 44.5 Å². The van der Waals surface area contributed by atoms with Crippen LogP contribution in [0, 0.1) is 6.92 Å². The maximum atomic E-state index is 13.0. The highest BCUT2D eigenvalue weighted by atomic mass is 19.4. The third kappa shape index (κ3) is 4.38. The minimum atomic E-state index is -4.49. The number of carbonyl (C=O) groups excluding carboxylic acids is 1. The average Bonchev–Trinajstić information content (AvgIpc) is 3.15. The smallest absolute Gasteiger partial charge is 0.416 e. The van der Waals surface area contributed by atoms with Crippen molar-refractivity contribution in [1.82, 2.24) is 10.2 Å². The molecule has 8 heteroatoms. The molecule has 1 N–H and O–H groups in total. The number of ether oxygens (including phenoxy) is 2. The van der Waals surface area contributed by atoms with Crippen LogP contribution in [-0.2, 0) is 10.9 Å². The van der Waals surface area contributed by atoms with E-state index < -0.39 is 17.6 Å². The van der Waals surface area contributed by atoms with Crippen LogP contribution in [0.3, 0.4) is 0 Å². The van der Waals surface area contributed by atoms with E-state index >= 15 is 0 Å². The summed E-state index contributed by atoms with van der Waals surface area (Å²) < 4.78 is 49.7. The third-order valence-corrected chi connectivity index (χ3v) is 5.32.